The van der Waals surface area contributed by atoms with Crippen LogP contribution >= 0.6 is 0 Å². The van der Waals surface area contributed by atoms with Crippen LogP contribution in [-0.4, -0.2) is 30.1 Å². The van der Waals surface area contributed by atoms with E-state index >= 15 is 0 Å². The number of amides is 1. The van der Waals surface area contributed by atoms with Crippen molar-refractivity contribution in [1.29, 1.82) is 0 Å². The van der Waals surface area contributed by atoms with Gasteiger partial charge in [0.15, 0.2) is 6.10 Å². The Bertz CT molecular complexity index is 361. The molecule has 92 valence electrons. The Morgan fingerprint density at radius 3 is 2.82 bits per heavy atom. The molecule has 1 aromatic carbocycles. The molecule has 2 atom stereocenters. The molecule has 1 fully saturated rings. The lowest BCUT2D eigenvalue weighted by atomic mass is 10.1. The number of piperidine rings is 1. The van der Waals surface area contributed by atoms with Crippen LogP contribution in [0.25, 0.3) is 0 Å². The van der Waals surface area contributed by atoms with Gasteiger partial charge in [-0.05, 0) is 24.9 Å². The number of aliphatic hydroxyl groups excluding tert-OH is 1. The summed E-state index contributed by atoms with van der Waals surface area (Å²) in [7, 11) is 0. The second kappa shape index (κ2) is 5.80. The van der Waals surface area contributed by atoms with Gasteiger partial charge in [-0.15, -0.1) is 0 Å². The summed E-state index contributed by atoms with van der Waals surface area (Å²) in [5.41, 5.74) is 0.633. The molecule has 0 saturated carbocycles. The fourth-order valence-corrected chi connectivity index (χ4v) is 2.04. The molecule has 1 saturated heterocycles. The molecule has 1 amide bonds. The lowest BCUT2D eigenvalue weighted by Gasteiger charge is -2.25. The molecule has 1 aliphatic rings. The Kier molecular flexibility index (Phi) is 4.12. The quantitative estimate of drug-likeness (QED) is 0.717. The molecule has 4 heteroatoms. The zero-order chi connectivity index (χ0) is 12.1. The van der Waals surface area contributed by atoms with E-state index in [4.69, 9.17) is 0 Å². The highest BCUT2D eigenvalue weighted by Crippen LogP contribution is 2.13. The topological polar surface area (TPSA) is 61.4 Å². The number of benzene rings is 1. The smallest absolute Gasteiger partial charge is 0.253 e. The molecule has 0 aromatic heterocycles. The average Bonchev–Trinajstić information content (AvgIpc) is 2.40. The number of aliphatic hydroxyl groups is 1. The number of rotatable bonds is 3. The standard InChI is InChI=1S/C13H18N2O2/c16-12(10-5-2-1-3-6-10)13(17)15-11-7-4-8-14-9-11/h1-3,5-6,11-12,14,16H,4,7-9H2,(H,15,17)/t11-,12?/m1/s1. The van der Waals surface area contributed by atoms with E-state index in [-0.39, 0.29) is 11.9 Å². The van der Waals surface area contributed by atoms with Crippen LogP contribution in [0, 0.1) is 0 Å². The third kappa shape index (κ3) is 3.28. The van der Waals surface area contributed by atoms with Crippen molar-refractivity contribution in [2.75, 3.05) is 13.1 Å². The monoisotopic (exact) mass is 234 g/mol. The molecule has 1 heterocycles. The van der Waals surface area contributed by atoms with Crippen molar-refractivity contribution in [1.82, 2.24) is 10.6 Å². The molecule has 1 aliphatic heterocycles. The number of carbonyl (C=O) groups is 1. The molecule has 0 spiro atoms. The highest BCUT2D eigenvalue weighted by atomic mass is 16.3. The van der Waals surface area contributed by atoms with Gasteiger partial charge in [0.25, 0.3) is 5.91 Å². The summed E-state index contributed by atoms with van der Waals surface area (Å²) < 4.78 is 0. The van der Waals surface area contributed by atoms with Crippen molar-refractivity contribution in [2.45, 2.75) is 25.0 Å². The van der Waals surface area contributed by atoms with Crippen molar-refractivity contribution < 1.29 is 9.90 Å². The zero-order valence-corrected chi connectivity index (χ0v) is 9.73. The number of carbonyl (C=O) groups excluding carboxylic acids is 1. The van der Waals surface area contributed by atoms with E-state index < -0.39 is 6.10 Å². The first-order valence-electron chi connectivity index (χ1n) is 6.01. The van der Waals surface area contributed by atoms with Gasteiger partial charge < -0.3 is 15.7 Å². The summed E-state index contributed by atoms with van der Waals surface area (Å²) in [5, 5.41) is 16.0. The molecule has 2 rings (SSSR count). The largest absolute Gasteiger partial charge is 0.378 e. The second-order valence-corrected chi connectivity index (χ2v) is 4.37. The van der Waals surface area contributed by atoms with Gasteiger partial charge in [0, 0.05) is 12.6 Å². The highest BCUT2D eigenvalue weighted by molar-refractivity contribution is 5.82. The second-order valence-electron chi connectivity index (χ2n) is 4.37. The fourth-order valence-electron chi connectivity index (χ4n) is 2.04. The first-order chi connectivity index (χ1) is 8.27. The van der Waals surface area contributed by atoms with Crippen LogP contribution in [0.1, 0.15) is 24.5 Å². The first kappa shape index (κ1) is 12.1. The molecule has 1 unspecified atom stereocenters. The summed E-state index contributed by atoms with van der Waals surface area (Å²) in [6.45, 7) is 1.79. The number of nitrogens with one attached hydrogen (secondary N) is 2. The highest BCUT2D eigenvalue weighted by Gasteiger charge is 2.21. The molecule has 1 aromatic rings. The van der Waals surface area contributed by atoms with Gasteiger partial charge in [-0.3, -0.25) is 4.79 Å². The Labute approximate surface area is 101 Å². The summed E-state index contributed by atoms with van der Waals surface area (Å²) in [6.07, 6.45) is 0.963. The van der Waals surface area contributed by atoms with Crippen molar-refractivity contribution >= 4 is 5.91 Å². The maximum atomic E-state index is 11.8. The molecular formula is C13H18N2O2. The molecular weight excluding hydrogens is 216 g/mol. The Balaban J connectivity index is 1.91. The van der Waals surface area contributed by atoms with Crippen LogP contribution in [0.3, 0.4) is 0 Å². The average molecular weight is 234 g/mol. The maximum absolute atomic E-state index is 11.8. The number of hydrogen-bond donors (Lipinski definition) is 3. The predicted octanol–water partition coefficient (Wildman–Crippen LogP) is 0.588. The summed E-state index contributed by atoms with van der Waals surface area (Å²) in [4.78, 5) is 11.8. The Morgan fingerprint density at radius 2 is 2.18 bits per heavy atom. The summed E-state index contributed by atoms with van der Waals surface area (Å²) in [6, 6.07) is 9.13. The van der Waals surface area contributed by atoms with E-state index in [9.17, 15) is 9.90 Å². The van der Waals surface area contributed by atoms with E-state index in [1.807, 2.05) is 18.2 Å². The summed E-state index contributed by atoms with van der Waals surface area (Å²) in [5.74, 6) is -0.315. The van der Waals surface area contributed by atoms with Crippen LogP contribution in [0.2, 0.25) is 0 Å². The maximum Gasteiger partial charge on any atom is 0.253 e. The van der Waals surface area contributed by atoms with E-state index in [0.717, 1.165) is 25.9 Å². The van der Waals surface area contributed by atoms with E-state index in [1.165, 1.54) is 0 Å². The van der Waals surface area contributed by atoms with E-state index in [0.29, 0.717) is 5.56 Å². The number of hydrogen-bond acceptors (Lipinski definition) is 3. The summed E-state index contributed by atoms with van der Waals surface area (Å²) >= 11 is 0. The van der Waals surface area contributed by atoms with Gasteiger partial charge in [-0.1, -0.05) is 30.3 Å². The fraction of sp³-hybridized carbons (Fsp3) is 0.462. The van der Waals surface area contributed by atoms with Gasteiger partial charge in [0.05, 0.1) is 0 Å². The minimum atomic E-state index is -1.07. The van der Waals surface area contributed by atoms with E-state index in [2.05, 4.69) is 10.6 Å². The van der Waals surface area contributed by atoms with Gasteiger partial charge in [0.2, 0.25) is 0 Å². The Morgan fingerprint density at radius 1 is 1.41 bits per heavy atom. The zero-order valence-electron chi connectivity index (χ0n) is 9.73. The minimum Gasteiger partial charge on any atom is -0.378 e. The van der Waals surface area contributed by atoms with E-state index in [1.54, 1.807) is 12.1 Å². The van der Waals surface area contributed by atoms with Crippen LogP contribution in [0.15, 0.2) is 30.3 Å². The van der Waals surface area contributed by atoms with Crippen molar-refractivity contribution in [3.63, 3.8) is 0 Å². The van der Waals surface area contributed by atoms with Crippen LogP contribution < -0.4 is 10.6 Å². The molecule has 3 N–H and O–H groups in total. The van der Waals surface area contributed by atoms with Crippen LogP contribution in [0.5, 0.6) is 0 Å². The van der Waals surface area contributed by atoms with Gasteiger partial charge in [0.1, 0.15) is 0 Å². The minimum absolute atomic E-state index is 0.134. The van der Waals surface area contributed by atoms with Gasteiger partial charge in [-0.25, -0.2) is 0 Å². The SMILES string of the molecule is O=C(N[C@@H]1CCCNC1)C(O)c1ccccc1. The lowest BCUT2D eigenvalue weighted by Crippen LogP contribution is -2.47. The molecule has 4 nitrogen and oxygen atoms in total. The van der Waals surface area contributed by atoms with Gasteiger partial charge >= 0.3 is 0 Å². The molecule has 0 aliphatic carbocycles. The lowest BCUT2D eigenvalue weighted by molar-refractivity contribution is -0.130. The van der Waals surface area contributed by atoms with Crippen LogP contribution in [-0.2, 0) is 4.79 Å². The Hall–Kier alpha value is -1.39. The van der Waals surface area contributed by atoms with Gasteiger partial charge in [-0.2, -0.15) is 0 Å². The molecule has 17 heavy (non-hydrogen) atoms. The third-order valence-electron chi connectivity index (χ3n) is 3.01. The first-order valence-corrected chi connectivity index (χ1v) is 6.01. The molecule has 0 radical (unpaired) electrons. The predicted molar refractivity (Wildman–Crippen MR) is 65.4 cm³/mol. The molecule has 0 bridgehead atoms. The normalized spacial score (nSPS) is 21.8. The van der Waals surface area contributed by atoms with Crippen molar-refractivity contribution in [3.05, 3.63) is 35.9 Å². The van der Waals surface area contributed by atoms with Crippen molar-refractivity contribution in [3.8, 4) is 0 Å². The van der Waals surface area contributed by atoms with Crippen molar-refractivity contribution in [2.24, 2.45) is 0 Å². The third-order valence-corrected chi connectivity index (χ3v) is 3.01. The van der Waals surface area contributed by atoms with Crippen LogP contribution in [0.4, 0.5) is 0 Å².